The number of hydrogen-bond donors (Lipinski definition) is 0. The molecule has 0 aliphatic heterocycles. The van der Waals surface area contributed by atoms with Crippen molar-refractivity contribution in [2.45, 2.75) is 0 Å². The maximum absolute atomic E-state index is 8.21. The molecular weight excluding hydrogens is 116 g/mol. The predicted molar refractivity (Wildman–Crippen MR) is 29.5 cm³/mol. The van der Waals surface area contributed by atoms with Gasteiger partial charge in [0.25, 0.3) is 0 Å². The normalized spacial score (nSPS) is 8.33. The molecule has 0 bridgehead atoms. The Bertz CT molecular complexity index is 232. The van der Waals surface area contributed by atoms with Crippen molar-refractivity contribution in [3.8, 4) is 6.07 Å². The third-order valence-electron chi connectivity index (χ3n) is 0.779. The smallest absolute Gasteiger partial charge is 0.167 e. The van der Waals surface area contributed by atoms with E-state index >= 15 is 0 Å². The van der Waals surface area contributed by atoms with Gasteiger partial charge in [0.1, 0.15) is 6.07 Å². The standard InChI is InChI=1S/C5H3N4/c6-3-4-1-2-5(7)9-8-4/h1-2,7H. The van der Waals surface area contributed by atoms with Crippen LogP contribution in [0.2, 0.25) is 0 Å². The number of nitriles is 1. The van der Waals surface area contributed by atoms with Crippen molar-refractivity contribution in [1.29, 1.82) is 5.26 Å². The van der Waals surface area contributed by atoms with Gasteiger partial charge in [-0.3, -0.25) is 5.73 Å². The molecule has 0 spiro atoms. The van der Waals surface area contributed by atoms with E-state index in [1.165, 1.54) is 12.1 Å². The van der Waals surface area contributed by atoms with Crippen molar-refractivity contribution in [2.24, 2.45) is 0 Å². The lowest BCUT2D eigenvalue weighted by Crippen LogP contribution is -1.86. The van der Waals surface area contributed by atoms with E-state index in [0.29, 0.717) is 0 Å². The highest BCUT2D eigenvalue weighted by molar-refractivity contribution is 5.26. The minimum absolute atomic E-state index is 0.0778. The molecule has 0 aliphatic carbocycles. The monoisotopic (exact) mass is 119 g/mol. The van der Waals surface area contributed by atoms with E-state index < -0.39 is 0 Å². The largest absolute Gasteiger partial charge is 0.281 e. The van der Waals surface area contributed by atoms with Crippen molar-refractivity contribution < 1.29 is 0 Å². The first-order valence-electron chi connectivity index (χ1n) is 2.28. The molecule has 0 aliphatic rings. The van der Waals surface area contributed by atoms with E-state index in [1.54, 1.807) is 6.07 Å². The van der Waals surface area contributed by atoms with Crippen LogP contribution in [0.25, 0.3) is 0 Å². The summed E-state index contributed by atoms with van der Waals surface area (Å²) < 4.78 is 0. The Balaban J connectivity index is 3.06. The first-order valence-corrected chi connectivity index (χ1v) is 2.28. The molecule has 0 aromatic carbocycles. The molecule has 1 N–H and O–H groups in total. The summed E-state index contributed by atoms with van der Waals surface area (Å²) in [5.41, 5.74) is 7.13. The van der Waals surface area contributed by atoms with E-state index in [9.17, 15) is 0 Å². The van der Waals surface area contributed by atoms with E-state index in [1.807, 2.05) is 0 Å². The molecule has 0 atom stereocenters. The average molecular weight is 119 g/mol. The summed E-state index contributed by atoms with van der Waals surface area (Å²) in [7, 11) is 0. The summed E-state index contributed by atoms with van der Waals surface area (Å²) in [4.78, 5) is 0. The van der Waals surface area contributed by atoms with Crippen molar-refractivity contribution in [1.82, 2.24) is 15.9 Å². The Kier molecular flexibility index (Phi) is 1.28. The van der Waals surface area contributed by atoms with Gasteiger partial charge >= 0.3 is 0 Å². The van der Waals surface area contributed by atoms with Gasteiger partial charge in [0, 0.05) is 0 Å². The molecule has 0 fully saturated rings. The summed E-state index contributed by atoms with van der Waals surface area (Å²) in [6.07, 6.45) is 0. The zero-order chi connectivity index (χ0) is 6.69. The minimum Gasteiger partial charge on any atom is -0.281 e. The molecule has 0 saturated carbocycles. The van der Waals surface area contributed by atoms with E-state index in [-0.39, 0.29) is 11.5 Å². The third kappa shape index (κ3) is 1.13. The van der Waals surface area contributed by atoms with E-state index in [4.69, 9.17) is 11.0 Å². The van der Waals surface area contributed by atoms with Crippen LogP contribution in [0.5, 0.6) is 0 Å². The van der Waals surface area contributed by atoms with Gasteiger partial charge in [-0.25, -0.2) is 0 Å². The van der Waals surface area contributed by atoms with Crippen LogP contribution in [0.15, 0.2) is 12.1 Å². The van der Waals surface area contributed by atoms with Crippen LogP contribution in [0.4, 0.5) is 5.82 Å². The van der Waals surface area contributed by atoms with Crippen LogP contribution in [0, 0.1) is 11.3 Å². The fourth-order valence-electron chi connectivity index (χ4n) is 0.392. The highest BCUT2D eigenvalue weighted by Gasteiger charge is 1.89. The minimum atomic E-state index is 0.0778. The van der Waals surface area contributed by atoms with Crippen molar-refractivity contribution in [3.63, 3.8) is 0 Å². The van der Waals surface area contributed by atoms with Crippen molar-refractivity contribution >= 4 is 5.82 Å². The second kappa shape index (κ2) is 2.09. The van der Waals surface area contributed by atoms with Gasteiger partial charge in [-0.1, -0.05) is 0 Å². The predicted octanol–water partition coefficient (Wildman–Crippen LogP) is 0.263. The Hall–Kier alpha value is -1.63. The third-order valence-corrected chi connectivity index (χ3v) is 0.779. The molecular formula is C5H3N4. The van der Waals surface area contributed by atoms with Crippen LogP contribution in [0.3, 0.4) is 0 Å². The Morgan fingerprint density at radius 2 is 2.22 bits per heavy atom. The number of aromatic nitrogens is 2. The van der Waals surface area contributed by atoms with Gasteiger partial charge in [-0.2, -0.15) is 5.26 Å². The number of nitrogens with one attached hydrogen (secondary N) is 1. The highest BCUT2D eigenvalue weighted by atomic mass is 15.1. The second-order valence-corrected chi connectivity index (χ2v) is 1.42. The van der Waals surface area contributed by atoms with Crippen LogP contribution in [-0.4, -0.2) is 10.2 Å². The Labute approximate surface area is 51.9 Å². The van der Waals surface area contributed by atoms with E-state index in [0.717, 1.165) is 0 Å². The number of nitrogens with zero attached hydrogens (tertiary/aromatic N) is 3. The first-order chi connectivity index (χ1) is 4.33. The van der Waals surface area contributed by atoms with Crippen LogP contribution in [0.1, 0.15) is 5.69 Å². The zero-order valence-corrected chi connectivity index (χ0v) is 4.50. The summed E-state index contributed by atoms with van der Waals surface area (Å²) in [6.45, 7) is 0. The molecule has 1 aromatic rings. The molecule has 0 saturated heterocycles. The molecule has 1 heterocycles. The number of hydrogen-bond acceptors (Lipinski definition) is 3. The summed E-state index contributed by atoms with van der Waals surface area (Å²) >= 11 is 0. The summed E-state index contributed by atoms with van der Waals surface area (Å²) in [5, 5.41) is 15.0. The SMILES string of the molecule is N#Cc1ccc([NH])nn1. The molecule has 1 radical (unpaired) electrons. The van der Waals surface area contributed by atoms with Gasteiger partial charge in [0.2, 0.25) is 0 Å². The maximum atomic E-state index is 8.21. The lowest BCUT2D eigenvalue weighted by atomic mass is 10.4. The Morgan fingerprint density at radius 1 is 1.44 bits per heavy atom. The van der Waals surface area contributed by atoms with Gasteiger partial charge in [-0.15, -0.1) is 10.2 Å². The van der Waals surface area contributed by atoms with Crippen molar-refractivity contribution in [2.75, 3.05) is 0 Å². The van der Waals surface area contributed by atoms with Gasteiger partial charge < -0.3 is 0 Å². The van der Waals surface area contributed by atoms with Gasteiger partial charge in [-0.05, 0) is 12.1 Å². The molecule has 0 amide bonds. The maximum Gasteiger partial charge on any atom is 0.167 e. The van der Waals surface area contributed by atoms with Crippen LogP contribution >= 0.6 is 0 Å². The fourth-order valence-corrected chi connectivity index (χ4v) is 0.392. The molecule has 9 heavy (non-hydrogen) atoms. The van der Waals surface area contributed by atoms with Crippen LogP contribution in [-0.2, 0) is 0 Å². The van der Waals surface area contributed by atoms with E-state index in [2.05, 4.69) is 10.2 Å². The lowest BCUT2D eigenvalue weighted by Gasteiger charge is -1.84. The molecule has 0 unspecified atom stereocenters. The van der Waals surface area contributed by atoms with Gasteiger partial charge in [0.15, 0.2) is 11.5 Å². The summed E-state index contributed by atoms with van der Waals surface area (Å²) in [6, 6.07) is 4.67. The summed E-state index contributed by atoms with van der Waals surface area (Å²) in [5.74, 6) is 0.0778. The van der Waals surface area contributed by atoms with Crippen molar-refractivity contribution in [3.05, 3.63) is 17.8 Å². The second-order valence-electron chi connectivity index (χ2n) is 1.42. The molecule has 4 nitrogen and oxygen atoms in total. The Morgan fingerprint density at radius 3 is 2.67 bits per heavy atom. The number of rotatable bonds is 0. The molecule has 1 aromatic heterocycles. The fraction of sp³-hybridized carbons (Fsp3) is 0. The molecule has 43 valence electrons. The first kappa shape index (κ1) is 5.51. The molecule has 4 heteroatoms. The molecule has 1 rings (SSSR count). The topological polar surface area (TPSA) is 73.4 Å². The van der Waals surface area contributed by atoms with Crippen LogP contribution < -0.4 is 5.73 Å². The average Bonchev–Trinajstić information content (AvgIpc) is 1.90. The quantitative estimate of drug-likeness (QED) is 0.491. The van der Waals surface area contributed by atoms with Gasteiger partial charge in [0.05, 0.1) is 0 Å². The lowest BCUT2D eigenvalue weighted by molar-refractivity contribution is 0.997. The zero-order valence-electron chi connectivity index (χ0n) is 4.50. The highest BCUT2D eigenvalue weighted by Crippen LogP contribution is 1.95.